The third-order valence-corrected chi connectivity index (χ3v) is 3.78. The highest BCUT2D eigenvalue weighted by atomic mass is 16.2. The van der Waals surface area contributed by atoms with Crippen LogP contribution in [0, 0.1) is 0 Å². The fraction of sp³-hybridized carbons (Fsp3) is 0.714. The normalized spacial score (nSPS) is 17.1. The molecule has 106 valence electrons. The molecule has 2 heterocycles. The van der Waals surface area contributed by atoms with Gasteiger partial charge in [0, 0.05) is 19.6 Å². The van der Waals surface area contributed by atoms with Gasteiger partial charge in [-0.1, -0.05) is 12.8 Å². The first kappa shape index (κ1) is 14.1. The molecule has 1 saturated heterocycles. The molecule has 19 heavy (non-hydrogen) atoms. The van der Waals surface area contributed by atoms with E-state index in [1.807, 2.05) is 11.8 Å². The second-order valence-corrected chi connectivity index (χ2v) is 5.11. The second-order valence-electron chi connectivity index (χ2n) is 5.11. The number of carbonyl (C=O) groups is 1. The number of aromatic nitrogens is 2. The summed E-state index contributed by atoms with van der Waals surface area (Å²) in [5, 5.41) is 0. The van der Waals surface area contributed by atoms with E-state index in [1.165, 1.54) is 38.8 Å². The average Bonchev–Trinajstić information content (AvgIpc) is 2.84. The van der Waals surface area contributed by atoms with Crippen molar-refractivity contribution in [1.82, 2.24) is 19.8 Å². The van der Waals surface area contributed by atoms with Crippen LogP contribution < -0.4 is 0 Å². The van der Waals surface area contributed by atoms with Crippen molar-refractivity contribution in [2.45, 2.75) is 32.6 Å². The van der Waals surface area contributed by atoms with Crippen LogP contribution in [0.1, 0.15) is 43.1 Å². The third-order valence-electron chi connectivity index (χ3n) is 3.78. The standard InChI is InChI=1S/C14H24N4O/c1-2-18(14(19)13-11-15-12-16-13)10-9-17-7-5-3-4-6-8-17/h11-12H,2-10H2,1H3,(H,15,16). The summed E-state index contributed by atoms with van der Waals surface area (Å²) >= 11 is 0. The molecular weight excluding hydrogens is 240 g/mol. The Bertz CT molecular complexity index is 369. The lowest BCUT2D eigenvalue weighted by molar-refractivity contribution is 0.0740. The van der Waals surface area contributed by atoms with E-state index in [4.69, 9.17) is 0 Å². The smallest absolute Gasteiger partial charge is 0.271 e. The monoisotopic (exact) mass is 264 g/mol. The van der Waals surface area contributed by atoms with E-state index >= 15 is 0 Å². The van der Waals surface area contributed by atoms with Crippen molar-refractivity contribution < 1.29 is 4.79 Å². The van der Waals surface area contributed by atoms with Crippen LogP contribution in [-0.2, 0) is 0 Å². The summed E-state index contributed by atoms with van der Waals surface area (Å²) in [6, 6.07) is 0. The molecule has 1 aromatic rings. The average molecular weight is 264 g/mol. The summed E-state index contributed by atoms with van der Waals surface area (Å²) in [5.41, 5.74) is 0.581. The molecule has 5 heteroatoms. The number of hydrogen-bond acceptors (Lipinski definition) is 3. The minimum absolute atomic E-state index is 0.0508. The van der Waals surface area contributed by atoms with E-state index in [9.17, 15) is 4.79 Å². The number of likely N-dealkylation sites (tertiary alicyclic amines) is 1. The Kier molecular flexibility index (Phi) is 5.39. The van der Waals surface area contributed by atoms with Crippen molar-refractivity contribution in [3.05, 3.63) is 18.2 Å². The Hall–Kier alpha value is -1.36. The number of carbonyl (C=O) groups excluding carboxylic acids is 1. The Morgan fingerprint density at radius 1 is 1.37 bits per heavy atom. The van der Waals surface area contributed by atoms with E-state index in [2.05, 4.69) is 14.9 Å². The molecule has 1 amide bonds. The number of amides is 1. The first-order chi connectivity index (χ1) is 9.31. The minimum Gasteiger partial charge on any atom is -0.341 e. The summed E-state index contributed by atoms with van der Waals surface area (Å²) < 4.78 is 0. The fourth-order valence-corrected chi connectivity index (χ4v) is 2.57. The quantitative estimate of drug-likeness (QED) is 0.881. The Morgan fingerprint density at radius 3 is 2.68 bits per heavy atom. The number of nitrogens with one attached hydrogen (secondary N) is 1. The van der Waals surface area contributed by atoms with E-state index in [1.54, 1.807) is 12.5 Å². The molecule has 2 rings (SSSR count). The van der Waals surface area contributed by atoms with Crippen molar-refractivity contribution in [2.75, 3.05) is 32.7 Å². The van der Waals surface area contributed by atoms with Gasteiger partial charge in [-0.05, 0) is 32.9 Å². The van der Waals surface area contributed by atoms with Gasteiger partial charge in [-0.2, -0.15) is 0 Å². The van der Waals surface area contributed by atoms with Crippen LogP contribution in [0.15, 0.2) is 12.5 Å². The number of H-pyrrole nitrogens is 1. The van der Waals surface area contributed by atoms with Crippen molar-refractivity contribution in [3.63, 3.8) is 0 Å². The van der Waals surface area contributed by atoms with Gasteiger partial charge < -0.3 is 14.8 Å². The minimum atomic E-state index is 0.0508. The van der Waals surface area contributed by atoms with Gasteiger partial charge in [-0.15, -0.1) is 0 Å². The Morgan fingerprint density at radius 2 is 2.11 bits per heavy atom. The molecule has 0 radical (unpaired) electrons. The molecule has 1 N–H and O–H groups in total. The molecule has 0 saturated carbocycles. The number of likely N-dealkylation sites (N-methyl/N-ethyl adjacent to an activating group) is 1. The SMILES string of the molecule is CCN(CCN1CCCCCC1)C(=O)c1cnc[nH]1. The van der Waals surface area contributed by atoms with Crippen LogP contribution >= 0.6 is 0 Å². The largest absolute Gasteiger partial charge is 0.341 e. The van der Waals surface area contributed by atoms with E-state index in [-0.39, 0.29) is 5.91 Å². The van der Waals surface area contributed by atoms with Gasteiger partial charge in [-0.25, -0.2) is 4.98 Å². The van der Waals surface area contributed by atoms with Gasteiger partial charge in [0.15, 0.2) is 0 Å². The Labute approximate surface area is 115 Å². The summed E-state index contributed by atoms with van der Waals surface area (Å²) in [6.07, 6.45) is 8.43. The second kappa shape index (κ2) is 7.28. The molecule has 1 aliphatic heterocycles. The third kappa shape index (κ3) is 4.06. The fourth-order valence-electron chi connectivity index (χ4n) is 2.57. The van der Waals surface area contributed by atoms with Crippen molar-refractivity contribution in [3.8, 4) is 0 Å². The lowest BCUT2D eigenvalue weighted by Gasteiger charge is -2.25. The van der Waals surface area contributed by atoms with Gasteiger partial charge in [0.2, 0.25) is 0 Å². The molecule has 5 nitrogen and oxygen atoms in total. The van der Waals surface area contributed by atoms with Gasteiger partial charge in [-0.3, -0.25) is 4.79 Å². The molecule has 1 aliphatic rings. The zero-order chi connectivity index (χ0) is 13.5. The van der Waals surface area contributed by atoms with Gasteiger partial charge in [0.1, 0.15) is 5.69 Å². The molecule has 0 aliphatic carbocycles. The lowest BCUT2D eigenvalue weighted by atomic mass is 10.2. The highest BCUT2D eigenvalue weighted by Gasteiger charge is 2.17. The van der Waals surface area contributed by atoms with Crippen molar-refractivity contribution in [2.24, 2.45) is 0 Å². The molecule has 0 atom stereocenters. The molecule has 0 aromatic carbocycles. The van der Waals surface area contributed by atoms with Crippen LogP contribution in [0.5, 0.6) is 0 Å². The molecular formula is C14H24N4O. The summed E-state index contributed by atoms with van der Waals surface area (Å²) in [4.78, 5) is 23.4. The van der Waals surface area contributed by atoms with Crippen LogP contribution in [0.25, 0.3) is 0 Å². The number of imidazole rings is 1. The number of nitrogens with zero attached hydrogens (tertiary/aromatic N) is 3. The zero-order valence-corrected chi connectivity index (χ0v) is 11.8. The molecule has 0 unspecified atom stereocenters. The maximum Gasteiger partial charge on any atom is 0.271 e. The molecule has 1 aromatic heterocycles. The summed E-state index contributed by atoms with van der Waals surface area (Å²) in [5.74, 6) is 0.0508. The first-order valence-corrected chi connectivity index (χ1v) is 7.31. The van der Waals surface area contributed by atoms with Gasteiger partial charge in [0.05, 0.1) is 12.5 Å². The number of aromatic amines is 1. The van der Waals surface area contributed by atoms with Gasteiger partial charge in [0.25, 0.3) is 5.91 Å². The van der Waals surface area contributed by atoms with Crippen LogP contribution in [0.2, 0.25) is 0 Å². The van der Waals surface area contributed by atoms with Crippen molar-refractivity contribution in [1.29, 1.82) is 0 Å². The van der Waals surface area contributed by atoms with E-state index in [0.29, 0.717) is 5.69 Å². The van der Waals surface area contributed by atoms with Crippen LogP contribution in [0.3, 0.4) is 0 Å². The topological polar surface area (TPSA) is 52.2 Å². The predicted octanol–water partition coefficient (Wildman–Crippen LogP) is 1.75. The highest BCUT2D eigenvalue weighted by Crippen LogP contribution is 2.09. The maximum atomic E-state index is 12.2. The molecule has 0 spiro atoms. The number of hydrogen-bond donors (Lipinski definition) is 1. The predicted molar refractivity (Wildman–Crippen MR) is 75.1 cm³/mol. The maximum absolute atomic E-state index is 12.2. The first-order valence-electron chi connectivity index (χ1n) is 7.31. The van der Waals surface area contributed by atoms with Gasteiger partial charge >= 0.3 is 0 Å². The number of rotatable bonds is 5. The summed E-state index contributed by atoms with van der Waals surface area (Å²) in [6.45, 7) is 6.90. The van der Waals surface area contributed by atoms with Crippen LogP contribution in [0.4, 0.5) is 0 Å². The highest BCUT2D eigenvalue weighted by molar-refractivity contribution is 5.92. The molecule has 0 bridgehead atoms. The van der Waals surface area contributed by atoms with Crippen LogP contribution in [-0.4, -0.2) is 58.4 Å². The van der Waals surface area contributed by atoms with E-state index in [0.717, 1.165) is 19.6 Å². The van der Waals surface area contributed by atoms with Crippen molar-refractivity contribution >= 4 is 5.91 Å². The Balaban J connectivity index is 1.83. The molecule has 1 fully saturated rings. The van der Waals surface area contributed by atoms with E-state index < -0.39 is 0 Å². The summed E-state index contributed by atoms with van der Waals surface area (Å²) in [7, 11) is 0. The lowest BCUT2D eigenvalue weighted by Crippen LogP contribution is -2.39. The zero-order valence-electron chi connectivity index (χ0n) is 11.8.